The highest BCUT2D eigenvalue weighted by molar-refractivity contribution is 5.88. The van der Waals surface area contributed by atoms with Gasteiger partial charge in [-0.1, -0.05) is 30.3 Å². The van der Waals surface area contributed by atoms with Crippen molar-refractivity contribution in [1.82, 2.24) is 4.90 Å². The van der Waals surface area contributed by atoms with Crippen LogP contribution in [-0.4, -0.2) is 41.3 Å². The number of carbonyl (C=O) groups excluding carboxylic acids is 3. The van der Waals surface area contributed by atoms with Gasteiger partial charge < -0.3 is 15.4 Å². The number of nitrogens with zero attached hydrogens (tertiary/aromatic N) is 1. The molecule has 25 heavy (non-hydrogen) atoms. The number of amides is 2. The SMILES string of the molecule is CC(C)OCC(=O)CC(C(N)=O)[C@H]1CCC(=O)N1Cc1ccccc1. The number of carbonyl (C=O) groups is 3. The molecule has 2 rings (SSSR count). The Morgan fingerprint density at radius 1 is 1.28 bits per heavy atom. The van der Waals surface area contributed by atoms with Crippen LogP contribution in [0.25, 0.3) is 0 Å². The number of ether oxygens (including phenoxy) is 1. The molecular weight excluding hydrogens is 320 g/mol. The Balaban J connectivity index is 2.08. The molecule has 0 bridgehead atoms. The van der Waals surface area contributed by atoms with Gasteiger partial charge in [0.15, 0.2) is 5.78 Å². The van der Waals surface area contributed by atoms with Gasteiger partial charge in [0.25, 0.3) is 0 Å². The topological polar surface area (TPSA) is 89.7 Å². The number of hydrogen-bond donors (Lipinski definition) is 1. The molecule has 2 atom stereocenters. The minimum absolute atomic E-state index is 0.00525. The van der Waals surface area contributed by atoms with E-state index in [0.717, 1.165) is 5.56 Å². The van der Waals surface area contributed by atoms with Gasteiger partial charge in [0, 0.05) is 25.4 Å². The Morgan fingerprint density at radius 3 is 2.56 bits per heavy atom. The Labute approximate surface area is 148 Å². The summed E-state index contributed by atoms with van der Waals surface area (Å²) in [4.78, 5) is 38.0. The second-order valence-electron chi connectivity index (χ2n) is 6.72. The lowest BCUT2D eigenvalue weighted by molar-refractivity contribution is -0.135. The van der Waals surface area contributed by atoms with Crippen LogP contribution in [0.1, 0.15) is 38.7 Å². The van der Waals surface area contributed by atoms with E-state index in [0.29, 0.717) is 19.4 Å². The summed E-state index contributed by atoms with van der Waals surface area (Å²) in [6, 6.07) is 9.25. The molecule has 1 aromatic carbocycles. The lowest BCUT2D eigenvalue weighted by Gasteiger charge is -2.30. The molecule has 1 fully saturated rings. The lowest BCUT2D eigenvalue weighted by atomic mass is 9.91. The second kappa shape index (κ2) is 8.76. The van der Waals surface area contributed by atoms with E-state index in [2.05, 4.69) is 0 Å². The summed E-state index contributed by atoms with van der Waals surface area (Å²) in [5, 5.41) is 0. The lowest BCUT2D eigenvalue weighted by Crippen LogP contribution is -2.44. The molecule has 1 aliphatic heterocycles. The molecule has 1 saturated heterocycles. The molecule has 136 valence electrons. The minimum Gasteiger partial charge on any atom is -0.371 e. The summed E-state index contributed by atoms with van der Waals surface area (Å²) >= 11 is 0. The van der Waals surface area contributed by atoms with Gasteiger partial charge in [-0.15, -0.1) is 0 Å². The zero-order valence-electron chi connectivity index (χ0n) is 14.8. The van der Waals surface area contributed by atoms with E-state index in [9.17, 15) is 14.4 Å². The maximum atomic E-state index is 12.3. The van der Waals surface area contributed by atoms with Gasteiger partial charge in [-0.3, -0.25) is 14.4 Å². The molecule has 1 aliphatic rings. The number of ketones is 1. The molecule has 6 heteroatoms. The minimum atomic E-state index is -0.682. The van der Waals surface area contributed by atoms with Crippen molar-refractivity contribution in [2.45, 2.75) is 51.8 Å². The number of benzene rings is 1. The average molecular weight is 346 g/mol. The van der Waals surface area contributed by atoms with Gasteiger partial charge in [0.2, 0.25) is 11.8 Å². The first kappa shape index (κ1) is 19.1. The van der Waals surface area contributed by atoms with Crippen LogP contribution in [0.5, 0.6) is 0 Å². The van der Waals surface area contributed by atoms with Crippen molar-refractivity contribution in [3.63, 3.8) is 0 Å². The van der Waals surface area contributed by atoms with E-state index in [-0.39, 0.29) is 36.9 Å². The van der Waals surface area contributed by atoms with Crippen LogP contribution >= 0.6 is 0 Å². The maximum absolute atomic E-state index is 12.3. The van der Waals surface area contributed by atoms with Crippen LogP contribution in [0.3, 0.4) is 0 Å². The highest BCUT2D eigenvalue weighted by Gasteiger charge is 2.39. The van der Waals surface area contributed by atoms with Gasteiger partial charge in [-0.2, -0.15) is 0 Å². The summed E-state index contributed by atoms with van der Waals surface area (Å²) in [6.45, 7) is 4.07. The summed E-state index contributed by atoms with van der Waals surface area (Å²) < 4.78 is 5.31. The van der Waals surface area contributed by atoms with E-state index in [1.807, 2.05) is 44.2 Å². The first-order chi connectivity index (χ1) is 11.9. The number of Topliss-reactive ketones (excluding diaryl/α,β-unsaturated/α-hetero) is 1. The van der Waals surface area contributed by atoms with Gasteiger partial charge in [0.1, 0.15) is 6.61 Å². The fraction of sp³-hybridized carbons (Fsp3) is 0.526. The molecule has 0 radical (unpaired) electrons. The number of nitrogens with two attached hydrogens (primary N) is 1. The maximum Gasteiger partial charge on any atom is 0.223 e. The third-order valence-corrected chi connectivity index (χ3v) is 4.43. The third kappa shape index (κ3) is 5.39. The quantitative estimate of drug-likeness (QED) is 0.736. The highest BCUT2D eigenvalue weighted by atomic mass is 16.5. The predicted molar refractivity (Wildman–Crippen MR) is 93.4 cm³/mol. The number of hydrogen-bond acceptors (Lipinski definition) is 4. The Morgan fingerprint density at radius 2 is 1.96 bits per heavy atom. The van der Waals surface area contributed by atoms with Crippen molar-refractivity contribution in [3.05, 3.63) is 35.9 Å². The van der Waals surface area contributed by atoms with Gasteiger partial charge in [0.05, 0.1) is 12.0 Å². The number of likely N-dealkylation sites (tertiary alicyclic amines) is 1. The smallest absolute Gasteiger partial charge is 0.223 e. The van der Waals surface area contributed by atoms with Crippen molar-refractivity contribution < 1.29 is 19.1 Å². The molecule has 1 aromatic rings. The van der Waals surface area contributed by atoms with Gasteiger partial charge in [-0.05, 0) is 25.8 Å². The van der Waals surface area contributed by atoms with Crippen molar-refractivity contribution in [1.29, 1.82) is 0 Å². The van der Waals surface area contributed by atoms with Gasteiger partial charge in [-0.25, -0.2) is 0 Å². The van der Waals surface area contributed by atoms with Crippen LogP contribution in [0, 0.1) is 5.92 Å². The number of primary amides is 1. The largest absolute Gasteiger partial charge is 0.371 e. The third-order valence-electron chi connectivity index (χ3n) is 4.43. The molecule has 0 saturated carbocycles. The van der Waals surface area contributed by atoms with Crippen LogP contribution in [0.15, 0.2) is 30.3 Å². The molecule has 1 heterocycles. The van der Waals surface area contributed by atoms with Crippen molar-refractivity contribution in [2.24, 2.45) is 11.7 Å². The van der Waals surface area contributed by atoms with Gasteiger partial charge >= 0.3 is 0 Å². The van der Waals surface area contributed by atoms with E-state index in [1.54, 1.807) is 4.90 Å². The zero-order valence-corrected chi connectivity index (χ0v) is 14.8. The molecule has 1 unspecified atom stereocenters. The predicted octanol–water partition coefficient (Wildman–Crippen LogP) is 1.66. The van der Waals surface area contributed by atoms with E-state index < -0.39 is 11.8 Å². The molecule has 2 amide bonds. The normalized spacial score (nSPS) is 18.6. The molecule has 2 N–H and O–H groups in total. The Hall–Kier alpha value is -2.21. The van der Waals surface area contributed by atoms with Crippen LogP contribution < -0.4 is 5.73 Å². The fourth-order valence-corrected chi connectivity index (χ4v) is 3.15. The van der Waals surface area contributed by atoms with Crippen LogP contribution in [0.4, 0.5) is 0 Å². The average Bonchev–Trinajstić information content (AvgIpc) is 2.92. The monoisotopic (exact) mass is 346 g/mol. The van der Waals surface area contributed by atoms with Crippen LogP contribution in [-0.2, 0) is 25.7 Å². The van der Waals surface area contributed by atoms with Crippen molar-refractivity contribution >= 4 is 17.6 Å². The Bertz CT molecular complexity index is 615. The van der Waals surface area contributed by atoms with Crippen LogP contribution in [0.2, 0.25) is 0 Å². The zero-order chi connectivity index (χ0) is 18.4. The van der Waals surface area contributed by atoms with Crippen molar-refractivity contribution in [2.75, 3.05) is 6.61 Å². The summed E-state index contributed by atoms with van der Waals surface area (Å²) in [7, 11) is 0. The van der Waals surface area contributed by atoms with E-state index in [4.69, 9.17) is 10.5 Å². The molecular formula is C19H26N2O4. The molecule has 6 nitrogen and oxygen atoms in total. The first-order valence-corrected chi connectivity index (χ1v) is 8.64. The molecule has 0 aliphatic carbocycles. The molecule has 0 spiro atoms. The summed E-state index contributed by atoms with van der Waals surface area (Å²) in [5.41, 5.74) is 6.54. The number of rotatable bonds is 9. The van der Waals surface area contributed by atoms with E-state index in [1.165, 1.54) is 0 Å². The van der Waals surface area contributed by atoms with E-state index >= 15 is 0 Å². The molecule has 0 aromatic heterocycles. The highest BCUT2D eigenvalue weighted by Crippen LogP contribution is 2.29. The summed E-state index contributed by atoms with van der Waals surface area (Å²) in [6.07, 6.45) is 0.861. The summed E-state index contributed by atoms with van der Waals surface area (Å²) in [5.74, 6) is -1.41. The fourth-order valence-electron chi connectivity index (χ4n) is 3.15. The standard InChI is InChI=1S/C19H26N2O4/c1-13(2)25-12-15(22)10-16(19(20)24)17-8-9-18(23)21(17)11-14-6-4-3-5-7-14/h3-7,13,16-17H,8-12H2,1-2H3,(H2,20,24)/t16?,17-/m1/s1. The Kier molecular flexibility index (Phi) is 6.70. The van der Waals surface area contributed by atoms with Crippen molar-refractivity contribution in [3.8, 4) is 0 Å². The second-order valence-corrected chi connectivity index (χ2v) is 6.72. The first-order valence-electron chi connectivity index (χ1n) is 8.64.